The molecule has 0 aromatic carbocycles. The number of allylic oxidation sites excluding steroid dienone is 1. The van der Waals surface area contributed by atoms with E-state index >= 15 is 0 Å². The Morgan fingerprint density at radius 3 is 2.38 bits per heavy atom. The fourth-order valence-electron chi connectivity index (χ4n) is 1.44. The first kappa shape index (κ1) is 15.2. The molecule has 0 N–H and O–H groups in total. The van der Waals surface area contributed by atoms with Crippen molar-refractivity contribution in [2.24, 2.45) is 0 Å². The molecule has 0 fully saturated rings. The molecule has 16 heavy (non-hydrogen) atoms. The van der Waals surface area contributed by atoms with Gasteiger partial charge in [0.2, 0.25) is 0 Å². The average Bonchev–Trinajstić information content (AvgIpc) is 2.30. The highest BCUT2D eigenvalue weighted by Crippen LogP contribution is 2.05. The predicted molar refractivity (Wildman–Crippen MR) is 68.1 cm³/mol. The lowest BCUT2D eigenvalue weighted by atomic mass is 10.1. The Morgan fingerprint density at radius 2 is 1.69 bits per heavy atom. The van der Waals surface area contributed by atoms with Gasteiger partial charge in [0.15, 0.2) is 0 Å². The quantitative estimate of drug-likeness (QED) is 0.309. The topological polar surface area (TPSA) is 26.3 Å². The molecule has 0 unspecified atom stereocenters. The Bertz CT molecular complexity index is 185. The maximum atomic E-state index is 11.1. The van der Waals surface area contributed by atoms with Gasteiger partial charge in [0.05, 0.1) is 6.26 Å². The van der Waals surface area contributed by atoms with Crippen LogP contribution in [0.5, 0.6) is 0 Å². The van der Waals surface area contributed by atoms with Gasteiger partial charge in [-0.05, 0) is 25.3 Å². The van der Waals surface area contributed by atoms with Gasteiger partial charge in [-0.1, -0.05) is 46.0 Å². The van der Waals surface area contributed by atoms with Crippen LogP contribution in [0.4, 0.5) is 0 Å². The molecule has 0 spiro atoms. The molecule has 0 amide bonds. The Kier molecular flexibility index (Phi) is 11.7. The number of hydrogen-bond acceptors (Lipinski definition) is 2. The Balaban J connectivity index is 3.23. The molecular weight excluding hydrogens is 200 g/mol. The van der Waals surface area contributed by atoms with Crippen molar-refractivity contribution in [3.8, 4) is 0 Å². The van der Waals surface area contributed by atoms with Crippen molar-refractivity contribution in [1.82, 2.24) is 0 Å². The summed E-state index contributed by atoms with van der Waals surface area (Å²) in [5.41, 5.74) is 0. The van der Waals surface area contributed by atoms with Gasteiger partial charge in [-0.3, -0.25) is 4.79 Å². The number of ether oxygens (including phenoxy) is 1. The van der Waals surface area contributed by atoms with Crippen LogP contribution in [0.1, 0.15) is 71.6 Å². The molecule has 0 saturated carbocycles. The Morgan fingerprint density at radius 1 is 1.00 bits per heavy atom. The zero-order valence-corrected chi connectivity index (χ0v) is 10.8. The van der Waals surface area contributed by atoms with Crippen LogP contribution in [0.2, 0.25) is 0 Å². The molecule has 0 radical (unpaired) electrons. The molecule has 0 aliphatic carbocycles. The summed E-state index contributed by atoms with van der Waals surface area (Å²) < 4.78 is 4.95. The number of unbranched alkanes of at least 4 members (excludes halogenated alkanes) is 6. The summed E-state index contributed by atoms with van der Waals surface area (Å²) in [7, 11) is 0. The molecular formula is C14H26O2. The largest absolute Gasteiger partial charge is 0.435 e. The van der Waals surface area contributed by atoms with Crippen molar-refractivity contribution < 1.29 is 9.53 Å². The van der Waals surface area contributed by atoms with E-state index in [1.807, 2.05) is 6.08 Å². The summed E-state index contributed by atoms with van der Waals surface area (Å²) >= 11 is 0. The van der Waals surface area contributed by atoms with E-state index in [0.717, 1.165) is 19.3 Å². The maximum absolute atomic E-state index is 11.1. The molecule has 0 aromatic heterocycles. The van der Waals surface area contributed by atoms with Crippen LogP contribution < -0.4 is 0 Å². The molecule has 0 rings (SSSR count). The summed E-state index contributed by atoms with van der Waals surface area (Å²) in [6.07, 6.45) is 13.4. The highest BCUT2D eigenvalue weighted by molar-refractivity contribution is 5.69. The minimum absolute atomic E-state index is 0.107. The van der Waals surface area contributed by atoms with Crippen molar-refractivity contribution in [2.75, 3.05) is 0 Å². The summed E-state index contributed by atoms with van der Waals surface area (Å²) in [6, 6.07) is 0. The number of esters is 1. The third kappa shape index (κ3) is 11.3. The van der Waals surface area contributed by atoms with E-state index < -0.39 is 0 Å². The monoisotopic (exact) mass is 226 g/mol. The van der Waals surface area contributed by atoms with E-state index in [1.54, 1.807) is 6.26 Å². The van der Waals surface area contributed by atoms with Gasteiger partial charge in [0.1, 0.15) is 0 Å². The van der Waals surface area contributed by atoms with E-state index in [-0.39, 0.29) is 5.97 Å². The first-order valence-corrected chi connectivity index (χ1v) is 6.65. The maximum Gasteiger partial charge on any atom is 0.310 e. The van der Waals surface area contributed by atoms with E-state index in [9.17, 15) is 4.79 Å². The van der Waals surface area contributed by atoms with E-state index in [0.29, 0.717) is 6.42 Å². The smallest absolute Gasteiger partial charge is 0.310 e. The van der Waals surface area contributed by atoms with Crippen LogP contribution >= 0.6 is 0 Å². The average molecular weight is 226 g/mol. The molecule has 0 saturated heterocycles. The van der Waals surface area contributed by atoms with Crippen molar-refractivity contribution in [1.29, 1.82) is 0 Å². The van der Waals surface area contributed by atoms with Crippen molar-refractivity contribution >= 4 is 5.97 Å². The molecule has 0 aliphatic heterocycles. The van der Waals surface area contributed by atoms with Crippen molar-refractivity contribution in [3.05, 3.63) is 12.3 Å². The van der Waals surface area contributed by atoms with Gasteiger partial charge in [-0.2, -0.15) is 0 Å². The number of carbonyl (C=O) groups is 1. The zero-order valence-electron chi connectivity index (χ0n) is 10.8. The molecule has 2 nitrogen and oxygen atoms in total. The minimum atomic E-state index is -0.107. The normalized spacial score (nSPS) is 10.9. The highest BCUT2D eigenvalue weighted by Gasteiger charge is 1.97. The third-order valence-electron chi connectivity index (χ3n) is 2.50. The summed E-state index contributed by atoms with van der Waals surface area (Å²) in [5, 5.41) is 0. The second-order valence-corrected chi connectivity index (χ2v) is 4.17. The highest BCUT2D eigenvalue weighted by atomic mass is 16.5. The molecule has 2 heteroatoms. The zero-order chi connectivity index (χ0) is 12.1. The van der Waals surface area contributed by atoms with Crippen LogP contribution in [0.15, 0.2) is 12.3 Å². The van der Waals surface area contributed by atoms with Crippen molar-refractivity contribution in [3.63, 3.8) is 0 Å². The van der Waals surface area contributed by atoms with E-state index in [1.165, 1.54) is 32.1 Å². The predicted octanol–water partition coefficient (Wildman–Crippen LogP) is 4.59. The van der Waals surface area contributed by atoms with Gasteiger partial charge in [-0.15, -0.1) is 0 Å². The SMILES string of the molecule is CCCCCCC/C=C/OC(=O)CCCC. The standard InChI is InChI=1S/C14H26O2/c1-3-5-7-8-9-10-11-13-16-14(15)12-6-4-2/h11,13H,3-10,12H2,1-2H3/b13-11+. The van der Waals surface area contributed by atoms with Gasteiger partial charge < -0.3 is 4.74 Å². The summed E-state index contributed by atoms with van der Waals surface area (Å²) in [6.45, 7) is 4.29. The van der Waals surface area contributed by atoms with Gasteiger partial charge in [-0.25, -0.2) is 0 Å². The van der Waals surface area contributed by atoms with Crippen LogP contribution in [0, 0.1) is 0 Å². The molecule has 0 aromatic rings. The molecule has 0 heterocycles. The molecule has 0 atom stereocenters. The number of carbonyl (C=O) groups excluding carboxylic acids is 1. The Labute approximate surface area is 100 Å². The Hall–Kier alpha value is -0.790. The lowest BCUT2D eigenvalue weighted by Gasteiger charge is -1.98. The molecule has 0 bridgehead atoms. The van der Waals surface area contributed by atoms with E-state index in [2.05, 4.69) is 13.8 Å². The van der Waals surface area contributed by atoms with Crippen LogP contribution in [-0.2, 0) is 9.53 Å². The molecule has 94 valence electrons. The van der Waals surface area contributed by atoms with Crippen LogP contribution in [0.3, 0.4) is 0 Å². The lowest BCUT2D eigenvalue weighted by Crippen LogP contribution is -1.98. The molecule has 0 aliphatic rings. The van der Waals surface area contributed by atoms with Gasteiger partial charge in [0.25, 0.3) is 0 Å². The van der Waals surface area contributed by atoms with Gasteiger partial charge in [0, 0.05) is 6.42 Å². The fraction of sp³-hybridized carbons (Fsp3) is 0.786. The summed E-state index contributed by atoms with van der Waals surface area (Å²) in [5.74, 6) is -0.107. The lowest BCUT2D eigenvalue weighted by molar-refractivity contribution is -0.138. The van der Waals surface area contributed by atoms with Crippen LogP contribution in [0.25, 0.3) is 0 Å². The second-order valence-electron chi connectivity index (χ2n) is 4.17. The number of rotatable bonds is 10. The number of hydrogen-bond donors (Lipinski definition) is 0. The first-order chi connectivity index (χ1) is 7.81. The van der Waals surface area contributed by atoms with Crippen LogP contribution in [-0.4, -0.2) is 5.97 Å². The minimum Gasteiger partial charge on any atom is -0.435 e. The first-order valence-electron chi connectivity index (χ1n) is 6.65. The van der Waals surface area contributed by atoms with Gasteiger partial charge >= 0.3 is 5.97 Å². The second kappa shape index (κ2) is 12.3. The van der Waals surface area contributed by atoms with Crippen molar-refractivity contribution in [2.45, 2.75) is 71.6 Å². The summed E-state index contributed by atoms with van der Waals surface area (Å²) in [4.78, 5) is 11.1. The third-order valence-corrected chi connectivity index (χ3v) is 2.50. The fourth-order valence-corrected chi connectivity index (χ4v) is 1.44. The van der Waals surface area contributed by atoms with E-state index in [4.69, 9.17) is 4.74 Å².